The van der Waals surface area contributed by atoms with E-state index in [2.05, 4.69) is 0 Å². The van der Waals surface area contributed by atoms with Crippen molar-refractivity contribution >= 4 is 17.5 Å². The normalized spacial score (nSPS) is 23.2. The number of allylic oxidation sites excluding steroid dienone is 2. The Labute approximate surface area is 155 Å². The number of nitrogens with zero attached hydrogens (tertiary/aromatic N) is 1. The molecule has 4 heteroatoms. The summed E-state index contributed by atoms with van der Waals surface area (Å²) in [4.78, 5) is 38.9. The fraction of sp³-hybridized carbons (Fsp3) is 0.500. The molecule has 0 aromatic heterocycles. The molecule has 1 unspecified atom stereocenters. The van der Waals surface area contributed by atoms with Crippen LogP contribution in [0.4, 0.5) is 0 Å². The summed E-state index contributed by atoms with van der Waals surface area (Å²) in [6, 6.07) is 4.09. The maximum Gasteiger partial charge on any atom is 0.219 e. The number of hydrogen-bond donors (Lipinski definition) is 0. The molecule has 1 heterocycles. The quantitative estimate of drug-likeness (QED) is 0.605. The zero-order valence-electron chi connectivity index (χ0n) is 16.1. The lowest BCUT2D eigenvalue weighted by Crippen LogP contribution is -2.36. The third-order valence-corrected chi connectivity index (χ3v) is 5.71. The molecule has 1 aromatic carbocycles. The van der Waals surface area contributed by atoms with Gasteiger partial charge in [-0.05, 0) is 61.8 Å². The highest BCUT2D eigenvalue weighted by molar-refractivity contribution is 6.23. The van der Waals surface area contributed by atoms with Crippen LogP contribution in [0.3, 0.4) is 0 Å². The summed E-state index contributed by atoms with van der Waals surface area (Å²) in [5.41, 5.74) is 4.74. The van der Waals surface area contributed by atoms with Crippen LogP contribution in [0.25, 0.3) is 0 Å². The van der Waals surface area contributed by atoms with E-state index in [0.29, 0.717) is 5.57 Å². The van der Waals surface area contributed by atoms with Crippen LogP contribution in [0.2, 0.25) is 0 Å². The van der Waals surface area contributed by atoms with Crippen LogP contribution in [-0.4, -0.2) is 35.5 Å². The molecular formula is C22H27NO3. The predicted molar refractivity (Wildman–Crippen MR) is 101 cm³/mol. The molecule has 1 saturated heterocycles. The van der Waals surface area contributed by atoms with E-state index in [1.54, 1.807) is 6.92 Å². The highest BCUT2D eigenvalue weighted by Gasteiger charge is 2.40. The zero-order valence-corrected chi connectivity index (χ0v) is 16.1. The standard InChI is InChI=1S/C22H27NO3/c1-13-9-14(2)20(15(3)10-13)21-19(25)12-18(22(21)26)11-17-5-7-23(8-6-17)16(4)24/h9-11,17,21H,5-8,12H2,1-4H3/b18-11+. The second kappa shape index (κ2) is 7.18. The van der Waals surface area contributed by atoms with Gasteiger partial charge in [0, 0.05) is 26.4 Å². The second-order valence-corrected chi connectivity index (χ2v) is 7.79. The molecule has 1 aliphatic heterocycles. The topological polar surface area (TPSA) is 54.5 Å². The lowest BCUT2D eigenvalue weighted by molar-refractivity contribution is -0.130. The first-order valence-corrected chi connectivity index (χ1v) is 9.38. The number of amides is 1. The van der Waals surface area contributed by atoms with E-state index in [9.17, 15) is 14.4 Å². The second-order valence-electron chi connectivity index (χ2n) is 7.79. The molecule has 2 fully saturated rings. The van der Waals surface area contributed by atoms with Gasteiger partial charge in [-0.15, -0.1) is 0 Å². The molecule has 138 valence electrons. The van der Waals surface area contributed by atoms with Crippen molar-refractivity contribution in [3.63, 3.8) is 0 Å². The molecular weight excluding hydrogens is 326 g/mol. The van der Waals surface area contributed by atoms with Crippen LogP contribution in [0.15, 0.2) is 23.8 Å². The molecule has 4 nitrogen and oxygen atoms in total. The maximum absolute atomic E-state index is 13.0. The van der Waals surface area contributed by atoms with Gasteiger partial charge in [0.2, 0.25) is 5.91 Å². The zero-order chi connectivity index (χ0) is 19.0. The van der Waals surface area contributed by atoms with Crippen LogP contribution in [0.5, 0.6) is 0 Å². The van der Waals surface area contributed by atoms with Gasteiger partial charge in [0.05, 0.1) is 0 Å². The number of piperidine rings is 1. The number of Topliss-reactive ketones (excluding diaryl/α,β-unsaturated/α-hetero) is 2. The lowest BCUT2D eigenvalue weighted by Gasteiger charge is -2.30. The molecule has 0 spiro atoms. The summed E-state index contributed by atoms with van der Waals surface area (Å²) < 4.78 is 0. The number of likely N-dealkylation sites (tertiary alicyclic amines) is 1. The highest BCUT2D eigenvalue weighted by atomic mass is 16.2. The van der Waals surface area contributed by atoms with E-state index in [4.69, 9.17) is 0 Å². The minimum Gasteiger partial charge on any atom is -0.343 e. The van der Waals surface area contributed by atoms with Crippen LogP contribution >= 0.6 is 0 Å². The number of rotatable bonds is 2. The van der Waals surface area contributed by atoms with Crippen molar-refractivity contribution in [1.82, 2.24) is 4.90 Å². The summed E-state index contributed by atoms with van der Waals surface area (Å²) >= 11 is 0. The first kappa shape index (κ1) is 18.6. The van der Waals surface area contributed by atoms with Crippen molar-refractivity contribution in [2.24, 2.45) is 5.92 Å². The summed E-state index contributed by atoms with van der Waals surface area (Å²) in [5, 5.41) is 0. The molecule has 1 atom stereocenters. The summed E-state index contributed by atoms with van der Waals surface area (Å²) in [6.45, 7) is 9.04. The number of ketones is 2. The molecule has 0 bridgehead atoms. The highest BCUT2D eigenvalue weighted by Crippen LogP contribution is 2.37. The van der Waals surface area contributed by atoms with E-state index in [1.165, 1.54) is 0 Å². The predicted octanol–water partition coefficient (Wildman–Crippen LogP) is 3.42. The van der Waals surface area contributed by atoms with Gasteiger partial charge in [0.15, 0.2) is 11.6 Å². The smallest absolute Gasteiger partial charge is 0.219 e. The van der Waals surface area contributed by atoms with Crippen molar-refractivity contribution in [2.75, 3.05) is 13.1 Å². The molecule has 26 heavy (non-hydrogen) atoms. The monoisotopic (exact) mass is 353 g/mol. The number of benzene rings is 1. The average molecular weight is 353 g/mol. The third kappa shape index (κ3) is 3.50. The summed E-state index contributed by atoms with van der Waals surface area (Å²) in [7, 11) is 0. The third-order valence-electron chi connectivity index (χ3n) is 5.71. The van der Waals surface area contributed by atoms with E-state index in [0.717, 1.165) is 48.2 Å². The minimum absolute atomic E-state index is 0.0116. The number of aryl methyl sites for hydroxylation is 3. The van der Waals surface area contributed by atoms with Crippen molar-refractivity contribution in [2.45, 2.75) is 52.9 Å². The Morgan fingerprint density at radius 2 is 1.65 bits per heavy atom. The number of carbonyl (C=O) groups excluding carboxylic acids is 3. The van der Waals surface area contributed by atoms with Gasteiger partial charge in [-0.25, -0.2) is 0 Å². The van der Waals surface area contributed by atoms with E-state index >= 15 is 0 Å². The lowest BCUT2D eigenvalue weighted by atomic mass is 9.86. The van der Waals surface area contributed by atoms with Gasteiger partial charge >= 0.3 is 0 Å². The molecule has 1 amide bonds. The van der Waals surface area contributed by atoms with Gasteiger partial charge in [0.1, 0.15) is 5.92 Å². The van der Waals surface area contributed by atoms with Gasteiger partial charge in [-0.1, -0.05) is 23.8 Å². The SMILES string of the molecule is CC(=O)N1CCC(/C=C2\CC(=O)C(c3c(C)cc(C)cc3C)C2=O)CC1. The van der Waals surface area contributed by atoms with Crippen LogP contribution in [0.1, 0.15) is 54.4 Å². The Balaban J connectivity index is 1.81. The van der Waals surface area contributed by atoms with Gasteiger partial charge in [-0.3, -0.25) is 14.4 Å². The van der Waals surface area contributed by atoms with Crippen LogP contribution in [0, 0.1) is 26.7 Å². The first-order chi connectivity index (χ1) is 12.3. The van der Waals surface area contributed by atoms with Crippen LogP contribution in [-0.2, 0) is 14.4 Å². The number of hydrogen-bond acceptors (Lipinski definition) is 3. The molecule has 0 N–H and O–H groups in total. The van der Waals surface area contributed by atoms with E-state index < -0.39 is 5.92 Å². The Morgan fingerprint density at radius 1 is 1.08 bits per heavy atom. The average Bonchev–Trinajstić information content (AvgIpc) is 2.82. The Hall–Kier alpha value is -2.23. The Bertz CT molecular complexity index is 775. The van der Waals surface area contributed by atoms with E-state index in [-0.39, 0.29) is 29.8 Å². The van der Waals surface area contributed by atoms with Crippen molar-refractivity contribution in [1.29, 1.82) is 0 Å². The molecule has 0 radical (unpaired) electrons. The first-order valence-electron chi connectivity index (χ1n) is 9.38. The van der Waals surface area contributed by atoms with Gasteiger partial charge in [-0.2, -0.15) is 0 Å². The minimum atomic E-state index is -0.640. The molecule has 1 aromatic rings. The molecule has 2 aliphatic rings. The van der Waals surface area contributed by atoms with Gasteiger partial charge in [0.25, 0.3) is 0 Å². The molecule has 1 saturated carbocycles. The van der Waals surface area contributed by atoms with E-state index in [1.807, 2.05) is 43.9 Å². The van der Waals surface area contributed by atoms with Crippen molar-refractivity contribution in [3.8, 4) is 0 Å². The molecule has 3 rings (SSSR count). The van der Waals surface area contributed by atoms with Crippen LogP contribution < -0.4 is 0 Å². The van der Waals surface area contributed by atoms with Gasteiger partial charge < -0.3 is 4.90 Å². The Kier molecular flexibility index (Phi) is 5.12. The maximum atomic E-state index is 13.0. The van der Waals surface area contributed by atoms with Crippen molar-refractivity contribution < 1.29 is 14.4 Å². The number of carbonyl (C=O) groups is 3. The largest absolute Gasteiger partial charge is 0.343 e. The Morgan fingerprint density at radius 3 is 2.19 bits per heavy atom. The van der Waals surface area contributed by atoms with Crippen molar-refractivity contribution in [3.05, 3.63) is 46.0 Å². The fourth-order valence-electron chi connectivity index (χ4n) is 4.45. The fourth-order valence-corrected chi connectivity index (χ4v) is 4.45. The summed E-state index contributed by atoms with van der Waals surface area (Å²) in [5.74, 6) is -0.277. The summed E-state index contributed by atoms with van der Waals surface area (Å²) in [6.07, 6.45) is 3.97. The molecule has 1 aliphatic carbocycles.